The largest absolute Gasteiger partial charge is 0.439 e. The first-order valence-corrected chi connectivity index (χ1v) is 4.75. The fourth-order valence-electron chi connectivity index (χ4n) is 1.41. The molecular weight excluding hydrogens is 176 g/mol. The molecule has 0 saturated carbocycles. The second-order valence-corrected chi connectivity index (χ2v) is 3.49. The fraction of sp³-hybridized carbons (Fsp3) is 0.364. The van der Waals surface area contributed by atoms with Gasteiger partial charge in [-0.2, -0.15) is 0 Å². The van der Waals surface area contributed by atoms with E-state index in [1.54, 1.807) is 0 Å². The summed E-state index contributed by atoms with van der Waals surface area (Å²) in [5.41, 5.74) is 2.95. The van der Waals surface area contributed by atoms with Crippen LogP contribution in [0.4, 0.5) is 0 Å². The van der Waals surface area contributed by atoms with Crippen LogP contribution in [0.5, 0.6) is 0 Å². The molecule has 74 valence electrons. The Labute approximate surface area is 83.1 Å². The molecule has 0 saturated heterocycles. The van der Waals surface area contributed by atoms with E-state index in [4.69, 9.17) is 4.42 Å². The van der Waals surface area contributed by atoms with E-state index in [9.17, 15) is 0 Å². The van der Waals surface area contributed by atoms with E-state index in [1.807, 2.05) is 39.1 Å². The van der Waals surface area contributed by atoms with Gasteiger partial charge in [0, 0.05) is 0 Å². The fourth-order valence-corrected chi connectivity index (χ4v) is 1.41. The van der Waals surface area contributed by atoms with Gasteiger partial charge in [0.2, 0.25) is 5.89 Å². The molecule has 0 aliphatic carbocycles. The number of para-hydroxylation sites is 1. The van der Waals surface area contributed by atoms with E-state index < -0.39 is 0 Å². The number of hydrogen-bond acceptors (Lipinski definition) is 3. The molecule has 0 radical (unpaired) electrons. The minimum absolute atomic E-state index is 0.154. The van der Waals surface area contributed by atoms with Crippen molar-refractivity contribution in [2.45, 2.75) is 19.9 Å². The highest BCUT2D eigenvalue weighted by molar-refractivity contribution is 5.76. The van der Waals surface area contributed by atoms with E-state index in [0.717, 1.165) is 22.6 Å². The lowest BCUT2D eigenvalue weighted by atomic mass is 10.2. The topological polar surface area (TPSA) is 38.1 Å². The maximum absolute atomic E-state index is 5.68. The van der Waals surface area contributed by atoms with Gasteiger partial charge in [-0.05, 0) is 32.5 Å². The lowest BCUT2D eigenvalue weighted by molar-refractivity contribution is 0.455. The normalized spacial score (nSPS) is 13.4. The molecule has 0 aliphatic heterocycles. The Morgan fingerprint density at radius 2 is 2.21 bits per heavy atom. The van der Waals surface area contributed by atoms with Gasteiger partial charge in [-0.3, -0.25) is 0 Å². The van der Waals surface area contributed by atoms with Crippen LogP contribution in [-0.4, -0.2) is 12.0 Å². The first-order valence-electron chi connectivity index (χ1n) is 4.75. The molecule has 1 atom stereocenters. The van der Waals surface area contributed by atoms with Crippen LogP contribution in [0.2, 0.25) is 0 Å². The monoisotopic (exact) mass is 190 g/mol. The molecule has 1 unspecified atom stereocenters. The molecule has 0 fully saturated rings. The zero-order valence-electron chi connectivity index (χ0n) is 8.66. The molecule has 0 bridgehead atoms. The van der Waals surface area contributed by atoms with Crippen LogP contribution in [-0.2, 0) is 0 Å². The summed E-state index contributed by atoms with van der Waals surface area (Å²) in [5, 5.41) is 3.11. The maximum Gasteiger partial charge on any atom is 0.212 e. The molecule has 1 aromatic heterocycles. The zero-order chi connectivity index (χ0) is 10.1. The van der Waals surface area contributed by atoms with Crippen LogP contribution < -0.4 is 5.32 Å². The lowest BCUT2D eigenvalue weighted by Crippen LogP contribution is -2.12. The van der Waals surface area contributed by atoms with Crippen molar-refractivity contribution in [2.75, 3.05) is 7.05 Å². The molecule has 0 spiro atoms. The van der Waals surface area contributed by atoms with Crippen molar-refractivity contribution in [3.63, 3.8) is 0 Å². The number of aromatic nitrogens is 1. The van der Waals surface area contributed by atoms with Crippen LogP contribution in [0.3, 0.4) is 0 Å². The van der Waals surface area contributed by atoms with Crippen molar-refractivity contribution >= 4 is 11.1 Å². The van der Waals surface area contributed by atoms with E-state index in [2.05, 4.69) is 10.3 Å². The predicted molar refractivity (Wildman–Crippen MR) is 56.2 cm³/mol. The second kappa shape index (κ2) is 3.42. The first-order chi connectivity index (χ1) is 6.72. The standard InChI is InChI=1S/C11H14N2O/c1-7-5-4-6-9-10(7)14-11(13-9)8(2)12-3/h4-6,8,12H,1-3H3. The molecule has 2 rings (SSSR count). The van der Waals surface area contributed by atoms with E-state index >= 15 is 0 Å². The van der Waals surface area contributed by atoms with Gasteiger partial charge in [0.15, 0.2) is 5.58 Å². The molecule has 14 heavy (non-hydrogen) atoms. The SMILES string of the molecule is CNC(C)c1nc2cccc(C)c2o1. The van der Waals surface area contributed by atoms with Crippen LogP contribution in [0.1, 0.15) is 24.4 Å². The van der Waals surface area contributed by atoms with Crippen molar-refractivity contribution in [2.24, 2.45) is 0 Å². The highest BCUT2D eigenvalue weighted by Gasteiger charge is 2.11. The number of fused-ring (bicyclic) bond motifs is 1. The Morgan fingerprint density at radius 1 is 1.43 bits per heavy atom. The Hall–Kier alpha value is -1.35. The summed E-state index contributed by atoms with van der Waals surface area (Å²) in [4.78, 5) is 4.42. The summed E-state index contributed by atoms with van der Waals surface area (Å²) in [6.45, 7) is 4.06. The van der Waals surface area contributed by atoms with E-state index in [-0.39, 0.29) is 6.04 Å². The Balaban J connectivity index is 2.56. The second-order valence-electron chi connectivity index (χ2n) is 3.49. The molecule has 0 amide bonds. The van der Waals surface area contributed by atoms with Crippen LogP contribution >= 0.6 is 0 Å². The molecule has 1 N–H and O–H groups in total. The summed E-state index contributed by atoms with van der Waals surface area (Å²) in [5.74, 6) is 0.747. The van der Waals surface area contributed by atoms with Gasteiger partial charge < -0.3 is 9.73 Å². The average Bonchev–Trinajstić information content (AvgIpc) is 2.62. The quantitative estimate of drug-likeness (QED) is 0.790. The Bertz CT molecular complexity index is 447. The molecule has 3 heteroatoms. The number of benzene rings is 1. The van der Waals surface area contributed by atoms with Gasteiger partial charge in [-0.25, -0.2) is 4.98 Å². The molecule has 1 heterocycles. The zero-order valence-corrected chi connectivity index (χ0v) is 8.66. The molecule has 0 aliphatic rings. The van der Waals surface area contributed by atoms with Crippen LogP contribution in [0.25, 0.3) is 11.1 Å². The number of hydrogen-bond donors (Lipinski definition) is 1. The highest BCUT2D eigenvalue weighted by Crippen LogP contribution is 2.22. The third-order valence-electron chi connectivity index (χ3n) is 2.43. The number of oxazole rings is 1. The van der Waals surface area contributed by atoms with Gasteiger partial charge in [0.1, 0.15) is 5.52 Å². The minimum Gasteiger partial charge on any atom is -0.439 e. The Morgan fingerprint density at radius 3 is 2.86 bits per heavy atom. The molecule has 2 aromatic rings. The summed E-state index contributed by atoms with van der Waals surface area (Å²) in [6, 6.07) is 6.15. The van der Waals surface area contributed by atoms with Gasteiger partial charge in [-0.15, -0.1) is 0 Å². The summed E-state index contributed by atoms with van der Waals surface area (Å²) >= 11 is 0. The van der Waals surface area contributed by atoms with E-state index in [1.165, 1.54) is 0 Å². The smallest absolute Gasteiger partial charge is 0.212 e. The van der Waals surface area contributed by atoms with Crippen molar-refractivity contribution in [1.29, 1.82) is 0 Å². The number of nitrogens with zero attached hydrogens (tertiary/aromatic N) is 1. The maximum atomic E-state index is 5.68. The summed E-state index contributed by atoms with van der Waals surface area (Å²) < 4.78 is 5.68. The summed E-state index contributed by atoms with van der Waals surface area (Å²) in [6.07, 6.45) is 0. The summed E-state index contributed by atoms with van der Waals surface area (Å²) in [7, 11) is 1.90. The van der Waals surface area contributed by atoms with Crippen LogP contribution in [0.15, 0.2) is 22.6 Å². The highest BCUT2D eigenvalue weighted by atomic mass is 16.3. The van der Waals surface area contributed by atoms with Crippen molar-refractivity contribution in [3.8, 4) is 0 Å². The molecular formula is C11H14N2O. The molecule has 1 aromatic carbocycles. The number of rotatable bonds is 2. The lowest BCUT2D eigenvalue weighted by Gasteiger charge is -2.02. The number of aryl methyl sites for hydroxylation is 1. The predicted octanol–water partition coefficient (Wildman–Crippen LogP) is 2.42. The Kier molecular flexibility index (Phi) is 2.25. The third kappa shape index (κ3) is 1.40. The third-order valence-corrected chi connectivity index (χ3v) is 2.43. The van der Waals surface area contributed by atoms with Gasteiger partial charge >= 0.3 is 0 Å². The van der Waals surface area contributed by atoms with Gasteiger partial charge in [0.25, 0.3) is 0 Å². The average molecular weight is 190 g/mol. The minimum atomic E-state index is 0.154. The van der Waals surface area contributed by atoms with Crippen molar-refractivity contribution < 1.29 is 4.42 Å². The van der Waals surface area contributed by atoms with Gasteiger partial charge in [0.05, 0.1) is 6.04 Å². The van der Waals surface area contributed by atoms with Crippen molar-refractivity contribution in [3.05, 3.63) is 29.7 Å². The van der Waals surface area contributed by atoms with Gasteiger partial charge in [-0.1, -0.05) is 12.1 Å². The first kappa shape index (κ1) is 9.21. The van der Waals surface area contributed by atoms with E-state index in [0.29, 0.717) is 0 Å². The van der Waals surface area contributed by atoms with Crippen molar-refractivity contribution in [1.82, 2.24) is 10.3 Å². The van der Waals surface area contributed by atoms with Crippen LogP contribution in [0, 0.1) is 6.92 Å². The number of nitrogens with one attached hydrogen (secondary N) is 1. The molecule has 3 nitrogen and oxygen atoms in total.